The molecule has 1 fully saturated rings. The van der Waals surface area contributed by atoms with Crippen molar-refractivity contribution in [1.29, 1.82) is 0 Å². The molecule has 4 nitrogen and oxygen atoms in total. The van der Waals surface area contributed by atoms with Gasteiger partial charge in [0.25, 0.3) is 0 Å². The first-order valence-corrected chi connectivity index (χ1v) is 8.26. The van der Waals surface area contributed by atoms with Gasteiger partial charge in [0.2, 0.25) is 11.8 Å². The van der Waals surface area contributed by atoms with Crippen LogP contribution in [0, 0.1) is 0 Å². The first-order valence-electron chi connectivity index (χ1n) is 7.89. The zero-order valence-electron chi connectivity index (χ0n) is 13.0. The number of amides is 2. The third-order valence-electron chi connectivity index (χ3n) is 4.11. The smallest absolute Gasteiger partial charge is 0.244 e. The molecule has 0 atom stereocenters. The lowest BCUT2D eigenvalue weighted by Crippen LogP contribution is -2.43. The Balaban J connectivity index is 1.96. The van der Waals surface area contributed by atoms with E-state index >= 15 is 0 Å². The second-order valence-electron chi connectivity index (χ2n) is 5.85. The highest BCUT2D eigenvalue weighted by Gasteiger charge is 2.24. The quantitative estimate of drug-likeness (QED) is 0.856. The molecule has 0 bridgehead atoms. The second-order valence-corrected chi connectivity index (χ2v) is 6.28. The van der Waals surface area contributed by atoms with Crippen molar-refractivity contribution in [3.8, 4) is 0 Å². The number of nitrogens with zero attached hydrogens (tertiary/aromatic N) is 1. The molecule has 1 aliphatic rings. The molecular formula is C17H23ClN2O2. The van der Waals surface area contributed by atoms with E-state index < -0.39 is 0 Å². The van der Waals surface area contributed by atoms with Crippen LogP contribution in [-0.4, -0.2) is 29.3 Å². The van der Waals surface area contributed by atoms with E-state index in [0.717, 1.165) is 25.7 Å². The van der Waals surface area contributed by atoms with Gasteiger partial charge in [0, 0.05) is 23.7 Å². The standard InChI is InChI=1S/C17H23ClN2O2/c1-13(21)20(16-6-4-2-3-5-7-16)12-17(22)19-15-10-8-14(18)9-11-15/h8-11,16H,2-7,12H2,1H3,(H,19,22). The van der Waals surface area contributed by atoms with Crippen molar-refractivity contribution in [2.75, 3.05) is 11.9 Å². The maximum Gasteiger partial charge on any atom is 0.244 e. The first-order chi connectivity index (χ1) is 10.6. The van der Waals surface area contributed by atoms with Crippen molar-refractivity contribution in [1.82, 2.24) is 4.90 Å². The van der Waals surface area contributed by atoms with Gasteiger partial charge in [0.1, 0.15) is 6.54 Å². The van der Waals surface area contributed by atoms with Crippen LogP contribution in [0.15, 0.2) is 24.3 Å². The summed E-state index contributed by atoms with van der Waals surface area (Å²) in [7, 11) is 0. The van der Waals surface area contributed by atoms with Crippen molar-refractivity contribution in [2.24, 2.45) is 0 Å². The summed E-state index contributed by atoms with van der Waals surface area (Å²) in [6.07, 6.45) is 6.69. The Morgan fingerprint density at radius 1 is 1.14 bits per heavy atom. The minimum Gasteiger partial charge on any atom is -0.331 e. The molecule has 1 aromatic carbocycles. The van der Waals surface area contributed by atoms with Crippen LogP contribution in [0.2, 0.25) is 5.02 Å². The van der Waals surface area contributed by atoms with Crippen molar-refractivity contribution in [2.45, 2.75) is 51.5 Å². The molecule has 0 spiro atoms. The molecule has 1 saturated carbocycles. The van der Waals surface area contributed by atoms with Gasteiger partial charge in [-0.3, -0.25) is 9.59 Å². The van der Waals surface area contributed by atoms with E-state index in [-0.39, 0.29) is 24.4 Å². The fourth-order valence-electron chi connectivity index (χ4n) is 2.96. The number of anilines is 1. The van der Waals surface area contributed by atoms with Gasteiger partial charge in [-0.05, 0) is 37.1 Å². The lowest BCUT2D eigenvalue weighted by Gasteiger charge is -2.29. The molecule has 1 aliphatic carbocycles. The molecule has 2 amide bonds. The third-order valence-corrected chi connectivity index (χ3v) is 4.36. The predicted molar refractivity (Wildman–Crippen MR) is 89.0 cm³/mol. The van der Waals surface area contributed by atoms with Gasteiger partial charge in [-0.2, -0.15) is 0 Å². The lowest BCUT2D eigenvalue weighted by molar-refractivity contribution is -0.135. The Morgan fingerprint density at radius 3 is 2.27 bits per heavy atom. The minimum absolute atomic E-state index is 0.0295. The van der Waals surface area contributed by atoms with E-state index in [9.17, 15) is 9.59 Å². The number of rotatable bonds is 4. The maximum atomic E-state index is 12.2. The molecule has 1 N–H and O–H groups in total. The van der Waals surface area contributed by atoms with Gasteiger partial charge in [-0.25, -0.2) is 0 Å². The summed E-state index contributed by atoms with van der Waals surface area (Å²) in [5.41, 5.74) is 0.693. The van der Waals surface area contributed by atoms with Gasteiger partial charge in [0.15, 0.2) is 0 Å². The lowest BCUT2D eigenvalue weighted by atomic mass is 10.1. The highest BCUT2D eigenvalue weighted by Crippen LogP contribution is 2.22. The van der Waals surface area contributed by atoms with E-state index in [1.807, 2.05) is 0 Å². The molecule has 1 aromatic rings. The number of carbonyl (C=O) groups is 2. The number of halogens is 1. The number of benzene rings is 1. The Bertz CT molecular complexity index is 508. The molecule has 22 heavy (non-hydrogen) atoms. The van der Waals surface area contributed by atoms with Crippen LogP contribution in [0.25, 0.3) is 0 Å². The van der Waals surface area contributed by atoms with Crippen LogP contribution >= 0.6 is 11.6 Å². The highest BCUT2D eigenvalue weighted by molar-refractivity contribution is 6.30. The molecule has 0 radical (unpaired) electrons. The Labute approximate surface area is 136 Å². The molecule has 120 valence electrons. The molecule has 0 aliphatic heterocycles. The fraction of sp³-hybridized carbons (Fsp3) is 0.529. The van der Waals surface area contributed by atoms with Crippen LogP contribution < -0.4 is 5.32 Å². The van der Waals surface area contributed by atoms with Gasteiger partial charge in [-0.15, -0.1) is 0 Å². The van der Waals surface area contributed by atoms with Crippen LogP contribution in [-0.2, 0) is 9.59 Å². The van der Waals surface area contributed by atoms with Crippen molar-refractivity contribution < 1.29 is 9.59 Å². The van der Waals surface area contributed by atoms with E-state index in [1.54, 1.807) is 36.1 Å². The minimum atomic E-state index is -0.165. The van der Waals surface area contributed by atoms with E-state index in [4.69, 9.17) is 11.6 Å². The number of hydrogen-bond donors (Lipinski definition) is 1. The van der Waals surface area contributed by atoms with Crippen LogP contribution in [0.1, 0.15) is 45.4 Å². The van der Waals surface area contributed by atoms with Crippen LogP contribution in [0.5, 0.6) is 0 Å². The summed E-state index contributed by atoms with van der Waals surface area (Å²) in [6, 6.07) is 7.15. The highest BCUT2D eigenvalue weighted by atomic mass is 35.5. The first kappa shape index (κ1) is 16.8. The largest absolute Gasteiger partial charge is 0.331 e. The van der Waals surface area contributed by atoms with Crippen LogP contribution in [0.4, 0.5) is 5.69 Å². The molecule has 0 saturated heterocycles. The Hall–Kier alpha value is -1.55. The summed E-state index contributed by atoms with van der Waals surface area (Å²) < 4.78 is 0. The van der Waals surface area contributed by atoms with Gasteiger partial charge in [-0.1, -0.05) is 37.3 Å². The average molecular weight is 323 g/mol. The zero-order chi connectivity index (χ0) is 15.9. The predicted octanol–water partition coefficient (Wildman–Crippen LogP) is 3.85. The second kappa shape index (κ2) is 8.18. The van der Waals surface area contributed by atoms with Crippen LogP contribution in [0.3, 0.4) is 0 Å². The van der Waals surface area contributed by atoms with Crippen molar-refractivity contribution in [3.63, 3.8) is 0 Å². The van der Waals surface area contributed by atoms with E-state index in [0.29, 0.717) is 10.7 Å². The summed E-state index contributed by atoms with van der Waals surface area (Å²) in [4.78, 5) is 25.8. The van der Waals surface area contributed by atoms with Crippen molar-refractivity contribution in [3.05, 3.63) is 29.3 Å². The van der Waals surface area contributed by atoms with E-state index in [2.05, 4.69) is 5.32 Å². The Kier molecular flexibility index (Phi) is 6.25. The fourth-order valence-corrected chi connectivity index (χ4v) is 3.08. The van der Waals surface area contributed by atoms with Crippen molar-refractivity contribution >= 4 is 29.1 Å². The third kappa shape index (κ3) is 5.02. The van der Waals surface area contributed by atoms with Gasteiger partial charge in [0.05, 0.1) is 0 Å². The monoisotopic (exact) mass is 322 g/mol. The molecule has 5 heteroatoms. The summed E-state index contributed by atoms with van der Waals surface area (Å²) in [5.74, 6) is -0.195. The zero-order valence-corrected chi connectivity index (χ0v) is 13.7. The summed E-state index contributed by atoms with van der Waals surface area (Å²) in [6.45, 7) is 1.66. The average Bonchev–Trinajstić information content (AvgIpc) is 2.76. The van der Waals surface area contributed by atoms with E-state index in [1.165, 1.54) is 12.8 Å². The molecule has 0 aromatic heterocycles. The summed E-state index contributed by atoms with van der Waals surface area (Å²) in [5, 5.41) is 3.44. The van der Waals surface area contributed by atoms with Gasteiger partial charge >= 0.3 is 0 Å². The number of hydrogen-bond acceptors (Lipinski definition) is 2. The SMILES string of the molecule is CC(=O)N(CC(=O)Nc1ccc(Cl)cc1)C1CCCCCC1. The normalized spacial score (nSPS) is 15.9. The molecule has 2 rings (SSSR count). The topological polar surface area (TPSA) is 49.4 Å². The number of carbonyl (C=O) groups excluding carboxylic acids is 2. The van der Waals surface area contributed by atoms with Gasteiger partial charge < -0.3 is 10.2 Å². The maximum absolute atomic E-state index is 12.2. The molecule has 0 heterocycles. The Morgan fingerprint density at radius 2 is 1.73 bits per heavy atom. The number of nitrogens with one attached hydrogen (secondary N) is 1. The molecular weight excluding hydrogens is 300 g/mol. The summed E-state index contributed by atoms with van der Waals surface area (Å²) >= 11 is 5.83. The molecule has 0 unspecified atom stereocenters.